The molecule has 52 heavy (non-hydrogen) atoms. The molecule has 0 radical (unpaired) electrons. The number of aliphatic hydroxyl groups is 2. The maximum atomic E-state index is 11.7. The molecule has 4 aromatic rings. The van der Waals surface area contributed by atoms with E-state index in [1.165, 1.54) is 0 Å². The molecule has 0 saturated carbocycles. The number of carbonyl (C=O) groups is 4. The van der Waals surface area contributed by atoms with Crippen molar-refractivity contribution >= 4 is 45.8 Å². The minimum absolute atomic E-state index is 0.0625. The number of aryl methyl sites for hydroxylation is 2. The summed E-state index contributed by atoms with van der Waals surface area (Å²) in [7, 11) is 0. The van der Waals surface area contributed by atoms with Gasteiger partial charge in [0.2, 0.25) is 11.8 Å². The van der Waals surface area contributed by atoms with E-state index < -0.39 is 28.6 Å². The standard InChI is InChI=1S/2C19H20N2O4S/c2*1-2-12-5-8-15(20-10-12)16(22)11-25-14-6-3-13(4-7-14)9-17-18(23)21-19(24)26-17/h2*3-8,10,16-17,22H,2,9,11H2,1H3,(H,21,23,24)/i17D;. The summed E-state index contributed by atoms with van der Waals surface area (Å²) < 4.78 is 19.3. The minimum Gasteiger partial charge on any atom is -0.490 e. The van der Waals surface area contributed by atoms with Crippen molar-refractivity contribution < 1.29 is 40.2 Å². The van der Waals surface area contributed by atoms with Crippen molar-refractivity contribution in [1.82, 2.24) is 20.6 Å². The van der Waals surface area contributed by atoms with Gasteiger partial charge in [-0.2, -0.15) is 0 Å². The van der Waals surface area contributed by atoms with Crippen molar-refractivity contribution in [3.8, 4) is 11.5 Å². The third-order valence-electron chi connectivity index (χ3n) is 8.09. The number of carbonyl (C=O) groups excluding carboxylic acids is 4. The first kappa shape index (κ1) is 37.0. The van der Waals surface area contributed by atoms with Gasteiger partial charge in [-0.3, -0.25) is 39.8 Å². The van der Waals surface area contributed by atoms with Crippen LogP contribution in [0, 0.1) is 0 Å². The third-order valence-corrected chi connectivity index (χ3v) is 9.94. The average Bonchev–Trinajstić information content (AvgIpc) is 3.62. The Hall–Kier alpha value is -4.76. The van der Waals surface area contributed by atoms with Crippen LogP contribution < -0.4 is 20.1 Å². The Kier molecular flexibility index (Phi) is 13.3. The molecule has 2 saturated heterocycles. The smallest absolute Gasteiger partial charge is 0.286 e. The molecule has 272 valence electrons. The van der Waals surface area contributed by atoms with Crippen LogP contribution in [0.5, 0.6) is 11.5 Å². The van der Waals surface area contributed by atoms with Crippen LogP contribution >= 0.6 is 23.5 Å². The summed E-state index contributed by atoms with van der Waals surface area (Å²) in [6, 6.07) is 21.6. The molecule has 4 unspecified atom stereocenters. The van der Waals surface area contributed by atoms with E-state index in [0.717, 1.165) is 46.9 Å². The Labute approximate surface area is 311 Å². The number of aliphatic hydroxyl groups excluding tert-OH is 2. The first-order valence-corrected chi connectivity index (χ1v) is 18.4. The molecule has 2 aromatic carbocycles. The number of amides is 4. The largest absolute Gasteiger partial charge is 0.490 e. The van der Waals surface area contributed by atoms with Gasteiger partial charge in [0, 0.05) is 12.4 Å². The van der Waals surface area contributed by atoms with Crippen LogP contribution in [0.4, 0.5) is 9.59 Å². The molecule has 2 aromatic heterocycles. The minimum atomic E-state index is -1.54. The lowest BCUT2D eigenvalue weighted by Gasteiger charge is -2.13. The monoisotopic (exact) mass is 745 g/mol. The van der Waals surface area contributed by atoms with E-state index in [-0.39, 0.29) is 36.0 Å². The molecule has 6 rings (SSSR count). The van der Waals surface area contributed by atoms with Crippen LogP contribution in [-0.4, -0.2) is 66.2 Å². The molecule has 0 spiro atoms. The van der Waals surface area contributed by atoms with Gasteiger partial charge < -0.3 is 19.7 Å². The van der Waals surface area contributed by atoms with Gasteiger partial charge in [0.25, 0.3) is 10.5 Å². The number of hydrogen-bond donors (Lipinski definition) is 4. The number of nitrogens with one attached hydrogen (secondary N) is 2. The maximum Gasteiger partial charge on any atom is 0.286 e. The van der Waals surface area contributed by atoms with Gasteiger partial charge in [-0.25, -0.2) is 0 Å². The quantitative estimate of drug-likeness (QED) is 0.131. The predicted octanol–water partition coefficient (Wildman–Crippen LogP) is 5.30. The van der Waals surface area contributed by atoms with Crippen molar-refractivity contribution in [2.24, 2.45) is 0 Å². The molecule has 14 heteroatoms. The van der Waals surface area contributed by atoms with E-state index in [1.807, 2.05) is 37.3 Å². The van der Waals surface area contributed by atoms with E-state index in [1.54, 1.807) is 54.9 Å². The number of nitrogens with zero attached hydrogens (tertiary/aromatic N) is 2. The molecule has 4 atom stereocenters. The van der Waals surface area contributed by atoms with Crippen molar-refractivity contribution in [2.45, 2.75) is 62.2 Å². The van der Waals surface area contributed by atoms with E-state index in [2.05, 4.69) is 27.5 Å². The van der Waals surface area contributed by atoms with E-state index in [4.69, 9.17) is 10.8 Å². The number of aromatic nitrogens is 2. The highest BCUT2D eigenvalue weighted by Crippen LogP contribution is 2.26. The zero-order chi connectivity index (χ0) is 38.0. The summed E-state index contributed by atoms with van der Waals surface area (Å²) in [6.07, 6.45) is 4.26. The Morgan fingerprint density at radius 2 is 1.10 bits per heavy atom. The van der Waals surface area contributed by atoms with Crippen LogP contribution in [0.3, 0.4) is 0 Å². The molecular formula is C38H40N4O8S2. The van der Waals surface area contributed by atoms with Gasteiger partial charge in [-0.1, -0.05) is 73.8 Å². The Bertz CT molecular complexity index is 1880. The van der Waals surface area contributed by atoms with Crippen LogP contribution in [-0.2, 0) is 35.3 Å². The molecule has 2 fully saturated rings. The molecule has 12 nitrogen and oxygen atoms in total. The van der Waals surface area contributed by atoms with Gasteiger partial charge in [0.15, 0.2) is 0 Å². The molecule has 2 aliphatic heterocycles. The number of hydrogen-bond acceptors (Lipinski definition) is 12. The number of rotatable bonds is 14. The average molecular weight is 746 g/mol. The van der Waals surface area contributed by atoms with Gasteiger partial charge in [-0.15, -0.1) is 0 Å². The zero-order valence-corrected chi connectivity index (χ0v) is 30.2. The summed E-state index contributed by atoms with van der Waals surface area (Å²) in [6.45, 7) is 4.26. The molecule has 4 amide bonds. The number of imide groups is 2. The Morgan fingerprint density at radius 1 is 0.654 bits per heavy atom. The second kappa shape index (κ2) is 18.6. The van der Waals surface area contributed by atoms with Crippen molar-refractivity contribution in [1.29, 1.82) is 0 Å². The van der Waals surface area contributed by atoms with Crippen LogP contribution in [0.2, 0.25) is 0 Å². The second-order valence-corrected chi connectivity index (χ2v) is 14.1. The fourth-order valence-electron chi connectivity index (χ4n) is 5.02. The van der Waals surface area contributed by atoms with E-state index in [0.29, 0.717) is 41.1 Å². The fourth-order valence-corrected chi connectivity index (χ4v) is 6.63. The lowest BCUT2D eigenvalue weighted by Crippen LogP contribution is -2.25. The lowest BCUT2D eigenvalue weighted by atomic mass is 10.1. The highest BCUT2D eigenvalue weighted by atomic mass is 32.2. The SMILES string of the molecule is CCc1ccc(C(O)COc2ccc(CC3SC(=O)NC3=O)cc2)nc1.[2H]C1(Cc2ccc(OCC(O)c3ccc(CC)cn3)cc2)SC(=O)NC1=O. The summed E-state index contributed by atoms with van der Waals surface area (Å²) in [5, 5.41) is 22.1. The van der Waals surface area contributed by atoms with Crippen LogP contribution in [0.1, 0.15) is 61.1 Å². The molecule has 0 bridgehead atoms. The molecular weight excluding hydrogens is 705 g/mol. The molecule has 2 aliphatic rings. The Morgan fingerprint density at radius 3 is 1.48 bits per heavy atom. The van der Waals surface area contributed by atoms with Gasteiger partial charge in [0.1, 0.15) is 36.9 Å². The highest BCUT2D eigenvalue weighted by Gasteiger charge is 2.32. The van der Waals surface area contributed by atoms with Gasteiger partial charge in [0.05, 0.1) is 23.2 Å². The van der Waals surface area contributed by atoms with Crippen molar-refractivity contribution in [3.05, 3.63) is 119 Å². The third kappa shape index (κ3) is 11.1. The van der Waals surface area contributed by atoms with Crippen LogP contribution in [0.25, 0.3) is 0 Å². The van der Waals surface area contributed by atoms with Crippen molar-refractivity contribution in [2.75, 3.05) is 13.2 Å². The highest BCUT2D eigenvalue weighted by molar-refractivity contribution is 8.15. The lowest BCUT2D eigenvalue weighted by molar-refractivity contribution is -0.119. The second-order valence-electron chi connectivity index (χ2n) is 11.9. The first-order chi connectivity index (χ1) is 25.4. The van der Waals surface area contributed by atoms with Crippen molar-refractivity contribution in [3.63, 3.8) is 0 Å². The molecule has 4 N–H and O–H groups in total. The zero-order valence-electron chi connectivity index (χ0n) is 29.6. The summed E-state index contributed by atoms with van der Waals surface area (Å²) in [5.74, 6) is 0.340. The van der Waals surface area contributed by atoms with Crippen LogP contribution in [0.15, 0.2) is 85.2 Å². The number of ether oxygens (including phenoxy) is 2. The summed E-state index contributed by atoms with van der Waals surface area (Å²) in [4.78, 5) is 54.3. The first-order valence-electron chi connectivity index (χ1n) is 17.2. The maximum absolute atomic E-state index is 11.7. The van der Waals surface area contributed by atoms with E-state index in [9.17, 15) is 29.4 Å². The summed E-state index contributed by atoms with van der Waals surface area (Å²) in [5.41, 5.74) is 5.03. The number of pyridine rings is 2. The topological polar surface area (TPSA) is 177 Å². The molecule has 4 heterocycles. The fraction of sp³-hybridized carbons (Fsp3) is 0.316. The number of benzene rings is 2. The normalized spacial score (nSPS) is 19.5. The van der Waals surface area contributed by atoms with Gasteiger partial charge >= 0.3 is 0 Å². The molecule has 0 aliphatic carbocycles. The predicted molar refractivity (Wildman–Crippen MR) is 198 cm³/mol. The van der Waals surface area contributed by atoms with Gasteiger partial charge in [-0.05, 0) is 84.3 Å². The summed E-state index contributed by atoms with van der Waals surface area (Å²) >= 11 is 1.70. The number of thioether (sulfide) groups is 2. The Balaban J connectivity index is 0.000000204. The van der Waals surface area contributed by atoms with E-state index >= 15 is 0 Å².